The Balaban J connectivity index is 1.13. The van der Waals surface area contributed by atoms with Crippen LogP contribution in [0.5, 0.6) is 28.9 Å². The molecule has 0 bridgehead atoms. The predicted octanol–water partition coefficient (Wildman–Crippen LogP) is 11.4. The molecule has 6 aromatic carbocycles. The summed E-state index contributed by atoms with van der Waals surface area (Å²) in [5.74, 6) is 2.45. The summed E-state index contributed by atoms with van der Waals surface area (Å²) in [6.45, 7) is 9.57. The Morgan fingerprint density at radius 1 is 0.581 bits per heavy atom. The molecule has 1 heterocycles. The van der Waals surface area contributed by atoms with Gasteiger partial charge in [-0.05, 0) is 90.3 Å². The summed E-state index contributed by atoms with van der Waals surface area (Å²) in [5.41, 5.74) is 9.20. The summed E-state index contributed by atoms with van der Waals surface area (Å²) in [4.78, 5) is 9.26. The SMILES string of the molecule is CCNCc1cc(Cl)c(OCc2cccc(-c3cccc4c(Oc5cc(OCc6cccc(C#N)c6)c(CNCC)cc5Cl)ncnc34)c2C)cc1OCc1cccc(C#N)c1. The van der Waals surface area contributed by atoms with Gasteiger partial charge in [0.05, 0.1) is 44.2 Å². The number of fused-ring (bicyclic) bond motifs is 1. The van der Waals surface area contributed by atoms with Gasteiger partial charge < -0.3 is 29.6 Å². The van der Waals surface area contributed by atoms with Crippen molar-refractivity contribution < 1.29 is 18.9 Å². The normalized spacial score (nSPS) is 10.9. The Bertz CT molecular complexity index is 2800. The van der Waals surface area contributed by atoms with E-state index in [1.807, 2.05) is 92.7 Å². The van der Waals surface area contributed by atoms with Crippen molar-refractivity contribution in [1.29, 1.82) is 10.5 Å². The van der Waals surface area contributed by atoms with Crippen molar-refractivity contribution in [2.45, 2.75) is 53.7 Å². The highest BCUT2D eigenvalue weighted by Gasteiger charge is 2.18. The van der Waals surface area contributed by atoms with Crippen LogP contribution in [-0.2, 0) is 32.9 Å². The van der Waals surface area contributed by atoms with Gasteiger partial charge in [0.1, 0.15) is 43.4 Å². The predicted molar refractivity (Wildman–Crippen MR) is 243 cm³/mol. The van der Waals surface area contributed by atoms with Crippen LogP contribution >= 0.6 is 23.2 Å². The monoisotopic (exact) mass is 862 g/mol. The van der Waals surface area contributed by atoms with Gasteiger partial charge in [0.25, 0.3) is 0 Å². The van der Waals surface area contributed by atoms with Crippen LogP contribution in [0.4, 0.5) is 0 Å². The minimum atomic E-state index is 0.250. The number of halogens is 2. The molecule has 0 aliphatic carbocycles. The summed E-state index contributed by atoms with van der Waals surface area (Å²) in [7, 11) is 0. The fourth-order valence-corrected chi connectivity index (χ4v) is 7.41. The molecule has 0 spiro atoms. The molecule has 0 amide bonds. The highest BCUT2D eigenvalue weighted by molar-refractivity contribution is 6.32. The number of rotatable bonds is 18. The lowest BCUT2D eigenvalue weighted by molar-refractivity contribution is 0.287. The number of nitrogens with one attached hydrogen (secondary N) is 2. The molecule has 2 N–H and O–H groups in total. The van der Waals surface area contributed by atoms with Crippen molar-refractivity contribution in [2.75, 3.05) is 13.1 Å². The third kappa shape index (κ3) is 10.4. The van der Waals surface area contributed by atoms with E-state index in [4.69, 9.17) is 47.1 Å². The van der Waals surface area contributed by atoms with Gasteiger partial charge in [-0.25, -0.2) is 9.97 Å². The maximum Gasteiger partial charge on any atom is 0.230 e. The molecular formula is C50H44Cl2N6O4. The van der Waals surface area contributed by atoms with Crippen LogP contribution in [0.2, 0.25) is 10.0 Å². The van der Waals surface area contributed by atoms with Crippen LogP contribution in [0, 0.1) is 29.6 Å². The van der Waals surface area contributed by atoms with Crippen LogP contribution in [0.25, 0.3) is 22.0 Å². The average Bonchev–Trinajstić information content (AvgIpc) is 3.30. The van der Waals surface area contributed by atoms with E-state index in [1.165, 1.54) is 6.33 Å². The number of hydrogen-bond acceptors (Lipinski definition) is 10. The molecule has 0 aliphatic rings. The maximum absolute atomic E-state index is 9.37. The molecule has 312 valence electrons. The Hall–Kier alpha value is -6.66. The fourth-order valence-electron chi connectivity index (χ4n) is 6.94. The second kappa shape index (κ2) is 20.7. The summed E-state index contributed by atoms with van der Waals surface area (Å²) in [5, 5.41) is 27.0. The van der Waals surface area contributed by atoms with E-state index >= 15 is 0 Å². The van der Waals surface area contributed by atoms with Crippen LogP contribution in [-0.4, -0.2) is 23.1 Å². The molecule has 0 saturated heterocycles. The standard InChI is InChI=1S/C50H44Cl2N6O4/c1-4-55-26-38-20-43(51)47(22-45(38)59-28-35-12-6-10-33(18-35)24-53)61-30-37-14-8-15-40(32(37)3)41-16-9-17-42-49(41)57-31-58-50(42)62-48-23-46(39(21-44(48)52)27-56-5-2)60-29-36-13-7-11-34(19-36)25-54/h6-23,31,55-56H,4-5,26-30H2,1-3H3. The topological polar surface area (TPSA) is 134 Å². The zero-order valence-corrected chi connectivity index (χ0v) is 36.1. The van der Waals surface area contributed by atoms with E-state index in [-0.39, 0.29) is 19.8 Å². The van der Waals surface area contributed by atoms with E-state index in [1.54, 1.807) is 24.3 Å². The van der Waals surface area contributed by atoms with E-state index in [9.17, 15) is 10.5 Å². The molecule has 0 aliphatic heterocycles. The minimum absolute atomic E-state index is 0.250. The highest BCUT2D eigenvalue weighted by atomic mass is 35.5. The first-order chi connectivity index (χ1) is 30.3. The van der Waals surface area contributed by atoms with Crippen molar-refractivity contribution in [2.24, 2.45) is 0 Å². The zero-order chi connectivity index (χ0) is 43.4. The molecule has 0 fully saturated rings. The van der Waals surface area contributed by atoms with Gasteiger partial charge in [-0.1, -0.05) is 91.6 Å². The molecule has 0 atom stereocenters. The van der Waals surface area contributed by atoms with Crippen molar-refractivity contribution in [1.82, 2.24) is 20.6 Å². The summed E-state index contributed by atoms with van der Waals surface area (Å²) in [6.07, 6.45) is 1.48. The molecule has 1 aromatic heterocycles. The molecule has 7 aromatic rings. The lowest BCUT2D eigenvalue weighted by atomic mass is 9.95. The van der Waals surface area contributed by atoms with E-state index < -0.39 is 0 Å². The number of para-hydroxylation sites is 1. The largest absolute Gasteiger partial charge is 0.488 e. The number of hydrogen-bond donors (Lipinski definition) is 2. The first-order valence-corrected chi connectivity index (χ1v) is 21.0. The molecule has 12 heteroatoms. The minimum Gasteiger partial charge on any atom is -0.488 e. The van der Waals surface area contributed by atoms with Gasteiger partial charge >= 0.3 is 0 Å². The second-order valence-corrected chi connectivity index (χ2v) is 15.2. The number of nitrogens with zero attached hydrogens (tertiary/aromatic N) is 4. The van der Waals surface area contributed by atoms with Crippen molar-refractivity contribution >= 4 is 34.1 Å². The van der Waals surface area contributed by atoms with Crippen LogP contribution < -0.4 is 29.6 Å². The molecule has 10 nitrogen and oxygen atoms in total. The maximum atomic E-state index is 9.37. The van der Waals surface area contributed by atoms with Crippen molar-refractivity contribution in [3.63, 3.8) is 0 Å². The summed E-state index contributed by atoms with van der Waals surface area (Å²) >= 11 is 13.7. The van der Waals surface area contributed by atoms with Gasteiger partial charge in [-0.3, -0.25) is 0 Å². The first-order valence-electron chi connectivity index (χ1n) is 20.2. The quantitative estimate of drug-likeness (QED) is 0.0858. The lowest BCUT2D eigenvalue weighted by Crippen LogP contribution is -2.13. The third-order valence-corrected chi connectivity index (χ3v) is 10.8. The second-order valence-electron chi connectivity index (χ2n) is 14.4. The van der Waals surface area contributed by atoms with Gasteiger partial charge in [0.15, 0.2) is 5.75 Å². The van der Waals surface area contributed by atoms with Crippen LogP contribution in [0.15, 0.2) is 116 Å². The van der Waals surface area contributed by atoms with Crippen LogP contribution in [0.3, 0.4) is 0 Å². The van der Waals surface area contributed by atoms with Gasteiger partial charge in [0, 0.05) is 41.9 Å². The van der Waals surface area contributed by atoms with E-state index in [2.05, 4.69) is 40.7 Å². The highest BCUT2D eigenvalue weighted by Crippen LogP contribution is 2.40. The molecule has 7 rings (SSSR count). The fraction of sp³-hybridized carbons (Fsp3) is 0.200. The van der Waals surface area contributed by atoms with E-state index in [0.29, 0.717) is 74.0 Å². The lowest BCUT2D eigenvalue weighted by Gasteiger charge is -2.18. The molecule has 0 unspecified atom stereocenters. The zero-order valence-electron chi connectivity index (χ0n) is 34.6. The van der Waals surface area contributed by atoms with Gasteiger partial charge in [-0.2, -0.15) is 10.5 Å². The molecule has 62 heavy (non-hydrogen) atoms. The van der Waals surface area contributed by atoms with E-state index in [0.717, 1.165) is 57.6 Å². The number of nitriles is 2. The number of benzene rings is 6. The Morgan fingerprint density at radius 2 is 1.13 bits per heavy atom. The average molecular weight is 864 g/mol. The van der Waals surface area contributed by atoms with Crippen LogP contribution in [0.1, 0.15) is 58.4 Å². The third-order valence-electron chi connectivity index (χ3n) is 10.2. The van der Waals surface area contributed by atoms with Gasteiger partial charge in [-0.15, -0.1) is 0 Å². The summed E-state index contributed by atoms with van der Waals surface area (Å²) < 4.78 is 25.4. The Morgan fingerprint density at radius 3 is 1.74 bits per heavy atom. The molecule has 0 radical (unpaired) electrons. The Labute approximate surface area is 371 Å². The first kappa shape index (κ1) is 43.4. The van der Waals surface area contributed by atoms with Crippen molar-refractivity contribution in [3.8, 4) is 52.1 Å². The molecular weight excluding hydrogens is 819 g/mol. The summed E-state index contributed by atoms with van der Waals surface area (Å²) in [6, 6.07) is 38.3. The number of aromatic nitrogens is 2. The Kier molecular flexibility index (Phi) is 14.5. The smallest absolute Gasteiger partial charge is 0.230 e. The molecule has 0 saturated carbocycles. The van der Waals surface area contributed by atoms with Crippen molar-refractivity contribution in [3.05, 3.63) is 170 Å². The number of ether oxygens (including phenoxy) is 4. The van der Waals surface area contributed by atoms with Gasteiger partial charge in [0.2, 0.25) is 5.88 Å².